The number of fused-ring (bicyclic) bond motifs is 1. The molecule has 0 saturated carbocycles. The van der Waals surface area contributed by atoms with Crippen molar-refractivity contribution in [2.45, 2.75) is 24.4 Å². The summed E-state index contributed by atoms with van der Waals surface area (Å²) < 4.78 is 15.7. The van der Waals surface area contributed by atoms with E-state index in [1.165, 1.54) is 23.9 Å². The van der Waals surface area contributed by atoms with Crippen LogP contribution in [0.4, 0.5) is 4.39 Å². The minimum absolute atomic E-state index is 0.0210. The summed E-state index contributed by atoms with van der Waals surface area (Å²) in [6.45, 7) is 4.08. The molecular formula is C19H14Cl3FN4S. The van der Waals surface area contributed by atoms with E-state index in [9.17, 15) is 4.39 Å². The summed E-state index contributed by atoms with van der Waals surface area (Å²) in [5.41, 5.74) is 1.68. The van der Waals surface area contributed by atoms with Gasteiger partial charge >= 0.3 is 0 Å². The minimum atomic E-state index is -0.537. The highest BCUT2D eigenvalue weighted by molar-refractivity contribution is 7.99. The minimum Gasteiger partial charge on any atom is -0.205 e. The van der Waals surface area contributed by atoms with Crippen molar-refractivity contribution in [3.05, 3.63) is 74.2 Å². The van der Waals surface area contributed by atoms with Gasteiger partial charge in [-0.3, -0.25) is 0 Å². The van der Waals surface area contributed by atoms with Crippen molar-refractivity contribution in [3.8, 4) is 0 Å². The molecule has 0 radical (unpaired) electrons. The molecule has 0 bridgehead atoms. The van der Waals surface area contributed by atoms with Gasteiger partial charge in [-0.15, -0.1) is 10.2 Å². The fourth-order valence-electron chi connectivity index (χ4n) is 2.99. The molecule has 1 aliphatic heterocycles. The Kier molecular flexibility index (Phi) is 5.16. The Bertz CT molecular complexity index is 1090. The number of rotatable bonds is 3. The number of nitrogens with zero attached hydrogens (tertiary/aromatic N) is 4. The molecule has 1 aromatic heterocycles. The largest absolute Gasteiger partial charge is 0.212 e. The highest BCUT2D eigenvalue weighted by Gasteiger charge is 2.33. The normalized spacial score (nSPS) is 14.0. The van der Waals surface area contributed by atoms with Crippen LogP contribution in [0.15, 0.2) is 46.7 Å². The fourth-order valence-corrected chi connectivity index (χ4v) is 4.43. The number of thioether (sulfide) groups is 1. The van der Waals surface area contributed by atoms with Crippen LogP contribution in [-0.2, 0) is 5.41 Å². The van der Waals surface area contributed by atoms with Crippen LogP contribution in [0.2, 0.25) is 15.1 Å². The molecule has 0 N–H and O–H groups in total. The second-order valence-electron chi connectivity index (χ2n) is 6.83. The van der Waals surface area contributed by atoms with Crippen LogP contribution in [0, 0.1) is 5.82 Å². The topological polar surface area (TPSA) is 43.1 Å². The van der Waals surface area contributed by atoms with Crippen molar-refractivity contribution in [2.75, 3.05) is 5.75 Å². The molecule has 0 saturated heterocycles. The zero-order valence-corrected chi connectivity index (χ0v) is 18.0. The molecule has 1 aliphatic rings. The van der Waals surface area contributed by atoms with Crippen molar-refractivity contribution >= 4 is 52.3 Å². The summed E-state index contributed by atoms with van der Waals surface area (Å²) in [6.07, 6.45) is 0. The van der Waals surface area contributed by atoms with Gasteiger partial charge in [0.1, 0.15) is 5.82 Å². The van der Waals surface area contributed by atoms with E-state index in [1.54, 1.807) is 4.68 Å². The van der Waals surface area contributed by atoms with Crippen LogP contribution in [0.5, 0.6) is 0 Å². The molecule has 0 aliphatic carbocycles. The first kappa shape index (κ1) is 19.7. The van der Waals surface area contributed by atoms with E-state index in [4.69, 9.17) is 34.8 Å². The van der Waals surface area contributed by atoms with Gasteiger partial charge in [0.15, 0.2) is 5.82 Å². The summed E-state index contributed by atoms with van der Waals surface area (Å²) in [6, 6.07) is 10.3. The van der Waals surface area contributed by atoms with E-state index >= 15 is 0 Å². The predicted octanol–water partition coefficient (Wildman–Crippen LogP) is 6.06. The van der Waals surface area contributed by atoms with Crippen LogP contribution in [0.1, 0.15) is 30.8 Å². The molecule has 9 heteroatoms. The summed E-state index contributed by atoms with van der Waals surface area (Å²) >= 11 is 19.6. The van der Waals surface area contributed by atoms with Crippen LogP contribution in [0.3, 0.4) is 0 Å². The smallest absolute Gasteiger partial charge is 0.205 e. The Morgan fingerprint density at radius 3 is 2.46 bits per heavy atom. The predicted molar refractivity (Wildman–Crippen MR) is 113 cm³/mol. The van der Waals surface area contributed by atoms with Gasteiger partial charge in [0.2, 0.25) is 5.16 Å². The molecule has 2 heterocycles. The molecule has 2 aromatic carbocycles. The second-order valence-corrected chi connectivity index (χ2v) is 9.02. The average Bonchev–Trinajstić information content (AvgIpc) is 3.09. The van der Waals surface area contributed by atoms with Crippen LogP contribution in [-0.4, -0.2) is 26.3 Å². The van der Waals surface area contributed by atoms with Gasteiger partial charge in [-0.2, -0.15) is 9.78 Å². The van der Waals surface area contributed by atoms with E-state index < -0.39 is 11.2 Å². The summed E-state index contributed by atoms with van der Waals surface area (Å²) in [7, 11) is 0. The van der Waals surface area contributed by atoms with Gasteiger partial charge < -0.3 is 0 Å². The first-order valence-corrected chi connectivity index (χ1v) is 10.5. The lowest BCUT2D eigenvalue weighted by Crippen LogP contribution is -2.25. The van der Waals surface area contributed by atoms with Crippen LogP contribution >= 0.6 is 46.6 Å². The third-order valence-electron chi connectivity index (χ3n) is 4.62. The zero-order valence-electron chi connectivity index (χ0n) is 14.9. The second kappa shape index (κ2) is 7.34. The van der Waals surface area contributed by atoms with Gasteiger partial charge in [-0.05, 0) is 43.7 Å². The van der Waals surface area contributed by atoms with Crippen LogP contribution in [0.25, 0.3) is 0 Å². The number of halogens is 4. The molecule has 0 unspecified atom stereocenters. The van der Waals surface area contributed by atoms with E-state index in [2.05, 4.69) is 15.3 Å². The lowest BCUT2D eigenvalue weighted by Gasteiger charge is -2.25. The van der Waals surface area contributed by atoms with Crippen LogP contribution < -0.4 is 0 Å². The molecule has 0 spiro atoms. The van der Waals surface area contributed by atoms with E-state index in [0.717, 1.165) is 5.56 Å². The van der Waals surface area contributed by atoms with Crippen molar-refractivity contribution in [3.63, 3.8) is 0 Å². The van der Waals surface area contributed by atoms with Gasteiger partial charge in [-0.25, -0.2) is 4.39 Å². The van der Waals surface area contributed by atoms with Crippen molar-refractivity contribution in [2.24, 2.45) is 5.10 Å². The number of hydrogen-bond acceptors (Lipinski definition) is 4. The Morgan fingerprint density at radius 2 is 1.75 bits per heavy atom. The highest BCUT2D eigenvalue weighted by atomic mass is 35.5. The van der Waals surface area contributed by atoms with Crippen molar-refractivity contribution in [1.82, 2.24) is 14.9 Å². The molecule has 0 fully saturated rings. The average molecular weight is 456 g/mol. The zero-order chi connectivity index (χ0) is 20.1. The lowest BCUT2D eigenvalue weighted by atomic mass is 9.84. The monoisotopic (exact) mass is 454 g/mol. The number of hydrogen-bond donors (Lipinski definition) is 0. The molecule has 3 aromatic rings. The lowest BCUT2D eigenvalue weighted by molar-refractivity contribution is 0.545. The molecule has 0 atom stereocenters. The maximum absolute atomic E-state index is 14.0. The van der Waals surface area contributed by atoms with Gasteiger partial charge in [0.05, 0.1) is 21.2 Å². The fraction of sp³-hybridized carbons (Fsp3) is 0.211. The Hall–Kier alpha value is -1.60. The third kappa shape index (κ3) is 3.43. The maximum atomic E-state index is 14.0. The Labute approximate surface area is 180 Å². The SMILES string of the molecule is CC(C)(c1ccc(Cl)cc1)c1nnc2n1N=C(c1cc(F)c(Cl)cc1Cl)CS2. The molecule has 28 heavy (non-hydrogen) atoms. The first-order chi connectivity index (χ1) is 13.3. The highest BCUT2D eigenvalue weighted by Crippen LogP contribution is 2.35. The van der Waals surface area contributed by atoms with Gasteiger partial charge in [0, 0.05) is 16.3 Å². The third-order valence-corrected chi connectivity index (χ3v) is 6.40. The quantitative estimate of drug-likeness (QED) is 0.451. The number of benzene rings is 2. The standard InChI is InChI=1S/C19H14Cl3FN4S/c1-19(2,10-3-5-11(20)6-4-10)17-24-25-18-27(17)26-16(9-28-18)12-7-15(23)14(22)8-13(12)21/h3-8H,9H2,1-2H3. The molecular weight excluding hydrogens is 442 g/mol. The van der Waals surface area contributed by atoms with Crippen molar-refractivity contribution < 1.29 is 4.39 Å². The number of aromatic nitrogens is 3. The van der Waals surface area contributed by atoms with Gasteiger partial charge in [0.25, 0.3) is 0 Å². The maximum Gasteiger partial charge on any atom is 0.212 e. The Morgan fingerprint density at radius 1 is 1.04 bits per heavy atom. The molecule has 4 nitrogen and oxygen atoms in total. The first-order valence-electron chi connectivity index (χ1n) is 8.35. The summed E-state index contributed by atoms with van der Waals surface area (Å²) in [5.74, 6) is 0.630. The molecule has 4 rings (SSSR count). The van der Waals surface area contributed by atoms with E-state index in [1.807, 2.05) is 38.1 Å². The summed E-state index contributed by atoms with van der Waals surface area (Å²) in [5, 5.41) is 15.0. The van der Waals surface area contributed by atoms with Crippen molar-refractivity contribution in [1.29, 1.82) is 0 Å². The van der Waals surface area contributed by atoms with Gasteiger partial charge in [-0.1, -0.05) is 58.7 Å². The Balaban J connectivity index is 1.80. The molecule has 144 valence electrons. The van der Waals surface area contributed by atoms with E-state index in [0.29, 0.717) is 38.1 Å². The summed E-state index contributed by atoms with van der Waals surface area (Å²) in [4.78, 5) is 0. The van der Waals surface area contributed by atoms with E-state index in [-0.39, 0.29) is 5.02 Å². The molecule has 0 amide bonds.